The topological polar surface area (TPSA) is 76.8 Å². The number of nitriles is 1. The maximum Gasteiger partial charge on any atom is 0.337 e. The summed E-state index contributed by atoms with van der Waals surface area (Å²) in [6, 6.07) is 13.0. The van der Waals surface area contributed by atoms with Gasteiger partial charge in [0.25, 0.3) is 0 Å². The number of aromatic carboxylic acids is 1. The highest BCUT2D eigenvalue weighted by Gasteiger charge is 2.27. The summed E-state index contributed by atoms with van der Waals surface area (Å²) < 4.78 is 6.10. The van der Waals surface area contributed by atoms with Crippen molar-refractivity contribution in [3.8, 4) is 11.8 Å². The van der Waals surface area contributed by atoms with E-state index in [-0.39, 0.29) is 6.10 Å². The zero-order chi connectivity index (χ0) is 23.4. The van der Waals surface area contributed by atoms with E-state index in [1.165, 1.54) is 0 Å². The number of nitrogens with zero attached hydrogens (tertiary/aromatic N) is 3. The Labute approximate surface area is 200 Å². The molecule has 0 spiro atoms. The van der Waals surface area contributed by atoms with Crippen LogP contribution in [-0.2, 0) is 0 Å². The van der Waals surface area contributed by atoms with Crippen LogP contribution in [0.15, 0.2) is 36.4 Å². The van der Waals surface area contributed by atoms with Crippen LogP contribution >= 0.6 is 11.6 Å². The molecule has 0 saturated carbocycles. The summed E-state index contributed by atoms with van der Waals surface area (Å²) >= 11 is 6.12. The molecule has 2 fully saturated rings. The van der Waals surface area contributed by atoms with Gasteiger partial charge in [-0.15, -0.1) is 0 Å². The average Bonchev–Trinajstić information content (AvgIpc) is 2.81. The predicted octanol–water partition coefficient (Wildman–Crippen LogP) is 4.98. The first kappa shape index (κ1) is 23.4. The number of halogens is 1. The molecule has 2 aliphatic heterocycles. The van der Waals surface area contributed by atoms with Crippen molar-refractivity contribution in [3.63, 3.8) is 0 Å². The maximum atomic E-state index is 11.7. The first-order chi connectivity index (χ1) is 15.9. The monoisotopic (exact) mass is 467 g/mol. The molecule has 0 aliphatic carbocycles. The molecule has 7 heteroatoms. The largest absolute Gasteiger partial charge is 0.490 e. The summed E-state index contributed by atoms with van der Waals surface area (Å²) in [7, 11) is 0. The van der Waals surface area contributed by atoms with Crippen LogP contribution in [0.5, 0.6) is 5.75 Å². The van der Waals surface area contributed by atoms with Gasteiger partial charge in [-0.2, -0.15) is 5.26 Å². The Morgan fingerprint density at radius 1 is 1.12 bits per heavy atom. The van der Waals surface area contributed by atoms with E-state index < -0.39 is 5.97 Å². The van der Waals surface area contributed by atoms with Crippen LogP contribution in [-0.4, -0.2) is 54.8 Å². The van der Waals surface area contributed by atoms with Crippen molar-refractivity contribution in [1.82, 2.24) is 4.90 Å². The third-order valence-corrected chi connectivity index (χ3v) is 7.07. The maximum absolute atomic E-state index is 11.7. The molecule has 0 bridgehead atoms. The number of hydrogen-bond donors (Lipinski definition) is 1. The fourth-order valence-electron chi connectivity index (χ4n) is 4.88. The Kier molecular flexibility index (Phi) is 7.42. The molecule has 0 aromatic heterocycles. The number of benzene rings is 2. The molecule has 2 aliphatic rings. The molecule has 0 atom stereocenters. The Balaban J connectivity index is 1.23. The number of carboxylic acid groups (broad SMARTS) is 1. The highest BCUT2D eigenvalue weighted by atomic mass is 35.5. The molecule has 2 heterocycles. The number of carbonyl (C=O) groups is 1. The number of aryl methyl sites for hydroxylation is 1. The van der Waals surface area contributed by atoms with Gasteiger partial charge in [-0.05, 0) is 62.8 Å². The molecule has 2 saturated heterocycles. The van der Waals surface area contributed by atoms with Crippen LogP contribution in [0.2, 0.25) is 5.02 Å². The summed E-state index contributed by atoms with van der Waals surface area (Å²) in [6.07, 6.45) is 4.27. The minimum Gasteiger partial charge on any atom is -0.490 e. The minimum atomic E-state index is -0.857. The van der Waals surface area contributed by atoms with Gasteiger partial charge < -0.3 is 19.6 Å². The first-order valence-corrected chi connectivity index (χ1v) is 12.0. The summed E-state index contributed by atoms with van der Waals surface area (Å²) in [5, 5.41) is 19.0. The van der Waals surface area contributed by atoms with Gasteiger partial charge in [0.05, 0.1) is 21.8 Å². The van der Waals surface area contributed by atoms with Gasteiger partial charge in [-0.25, -0.2) is 4.79 Å². The fourth-order valence-corrected chi connectivity index (χ4v) is 5.09. The molecule has 0 radical (unpaired) electrons. The predicted molar refractivity (Wildman–Crippen MR) is 129 cm³/mol. The van der Waals surface area contributed by atoms with E-state index in [1.807, 2.05) is 25.1 Å². The standard InChI is InChI=1S/C26H30ClN3O3/c1-18-2-5-25(23(14-18)26(31)32)30-12-6-19(7-13-30)17-29-10-8-21(9-11-29)33-22-4-3-20(16-28)24(27)15-22/h2-5,14-15,19,21H,6-13,17H2,1H3,(H,31,32). The fraction of sp³-hybridized carbons (Fsp3) is 0.462. The van der Waals surface area contributed by atoms with Crippen molar-refractivity contribution in [3.05, 3.63) is 58.1 Å². The SMILES string of the molecule is Cc1ccc(N2CCC(CN3CCC(Oc4ccc(C#N)c(Cl)c4)CC3)CC2)c(C(=O)O)c1. The molecule has 6 nitrogen and oxygen atoms in total. The number of piperidine rings is 2. The van der Waals surface area contributed by atoms with Crippen molar-refractivity contribution in [2.24, 2.45) is 5.92 Å². The molecule has 1 N–H and O–H groups in total. The van der Waals surface area contributed by atoms with Crippen LogP contribution in [0.3, 0.4) is 0 Å². The lowest BCUT2D eigenvalue weighted by atomic mass is 9.94. The van der Waals surface area contributed by atoms with Gasteiger partial charge >= 0.3 is 5.97 Å². The van der Waals surface area contributed by atoms with Crippen LogP contribution in [0, 0.1) is 24.2 Å². The second kappa shape index (κ2) is 10.5. The van der Waals surface area contributed by atoms with E-state index in [0.29, 0.717) is 22.1 Å². The van der Waals surface area contributed by atoms with Crippen molar-refractivity contribution in [1.29, 1.82) is 5.26 Å². The van der Waals surface area contributed by atoms with Crippen LogP contribution in [0.4, 0.5) is 5.69 Å². The minimum absolute atomic E-state index is 0.170. The Morgan fingerprint density at radius 2 is 1.85 bits per heavy atom. The van der Waals surface area contributed by atoms with E-state index in [0.717, 1.165) is 75.4 Å². The molecule has 4 rings (SSSR count). The van der Waals surface area contributed by atoms with Gasteiger partial charge in [0, 0.05) is 38.8 Å². The molecule has 33 heavy (non-hydrogen) atoms. The van der Waals surface area contributed by atoms with Gasteiger partial charge in [-0.1, -0.05) is 23.2 Å². The zero-order valence-electron chi connectivity index (χ0n) is 19.0. The highest BCUT2D eigenvalue weighted by molar-refractivity contribution is 6.31. The van der Waals surface area contributed by atoms with E-state index in [1.54, 1.807) is 18.2 Å². The van der Waals surface area contributed by atoms with Crippen molar-refractivity contribution >= 4 is 23.3 Å². The third-order valence-electron chi connectivity index (χ3n) is 6.75. The number of hydrogen-bond acceptors (Lipinski definition) is 5. The van der Waals surface area contributed by atoms with Gasteiger partial charge in [0.15, 0.2) is 0 Å². The lowest BCUT2D eigenvalue weighted by Crippen LogP contribution is -2.43. The smallest absolute Gasteiger partial charge is 0.337 e. The molecule has 174 valence electrons. The molecular formula is C26H30ClN3O3. The summed E-state index contributed by atoms with van der Waals surface area (Å²) in [5.74, 6) is 0.501. The molecule has 2 aromatic rings. The normalized spacial score (nSPS) is 18.2. The zero-order valence-corrected chi connectivity index (χ0v) is 19.7. The molecule has 0 unspecified atom stereocenters. The van der Waals surface area contributed by atoms with Crippen LogP contribution in [0.1, 0.15) is 47.2 Å². The van der Waals surface area contributed by atoms with Gasteiger partial charge in [0.2, 0.25) is 0 Å². The van der Waals surface area contributed by atoms with Crippen molar-refractivity contribution in [2.45, 2.75) is 38.7 Å². The lowest BCUT2D eigenvalue weighted by molar-refractivity contribution is 0.0697. The van der Waals surface area contributed by atoms with Crippen LogP contribution in [0.25, 0.3) is 0 Å². The third kappa shape index (κ3) is 5.79. The van der Waals surface area contributed by atoms with E-state index >= 15 is 0 Å². The second-order valence-electron chi connectivity index (χ2n) is 9.13. The molecular weight excluding hydrogens is 438 g/mol. The summed E-state index contributed by atoms with van der Waals surface area (Å²) in [4.78, 5) is 16.4. The van der Waals surface area contributed by atoms with E-state index in [2.05, 4.69) is 15.9 Å². The van der Waals surface area contributed by atoms with E-state index in [4.69, 9.17) is 21.6 Å². The number of rotatable bonds is 6. The number of ether oxygens (including phenoxy) is 1. The van der Waals surface area contributed by atoms with Gasteiger partial charge in [-0.3, -0.25) is 0 Å². The van der Waals surface area contributed by atoms with Crippen molar-refractivity contribution < 1.29 is 14.6 Å². The molecule has 2 aromatic carbocycles. The lowest BCUT2D eigenvalue weighted by Gasteiger charge is -2.38. The number of carboxylic acids is 1. The second-order valence-corrected chi connectivity index (χ2v) is 9.53. The summed E-state index contributed by atoms with van der Waals surface area (Å²) in [5.41, 5.74) is 2.68. The highest BCUT2D eigenvalue weighted by Crippen LogP contribution is 2.29. The average molecular weight is 468 g/mol. The number of anilines is 1. The van der Waals surface area contributed by atoms with Gasteiger partial charge in [0.1, 0.15) is 17.9 Å². The summed E-state index contributed by atoms with van der Waals surface area (Å²) in [6.45, 7) is 6.82. The number of likely N-dealkylation sites (tertiary alicyclic amines) is 1. The Bertz CT molecular complexity index is 1040. The van der Waals surface area contributed by atoms with E-state index in [9.17, 15) is 9.90 Å². The Hall–Kier alpha value is -2.75. The molecule has 0 amide bonds. The van der Waals surface area contributed by atoms with Crippen molar-refractivity contribution in [2.75, 3.05) is 37.6 Å². The van der Waals surface area contributed by atoms with Crippen LogP contribution < -0.4 is 9.64 Å². The first-order valence-electron chi connectivity index (χ1n) is 11.6. The quantitative estimate of drug-likeness (QED) is 0.645. The Morgan fingerprint density at radius 3 is 2.48 bits per heavy atom.